The van der Waals surface area contributed by atoms with E-state index in [1.165, 1.54) is 0 Å². The molecule has 0 amide bonds. The number of phenols is 1. The number of hydrogen-bond donors (Lipinski definition) is 2. The largest absolute Gasteiger partial charge is 0.508 e. The van der Waals surface area contributed by atoms with E-state index in [1.54, 1.807) is 19.2 Å². The maximum atomic E-state index is 9.89. The topological polar surface area (TPSA) is 58.8 Å². The van der Waals surface area contributed by atoms with Gasteiger partial charge in [-0.25, -0.2) is 4.98 Å². The van der Waals surface area contributed by atoms with Gasteiger partial charge in [0, 0.05) is 11.3 Å². The van der Waals surface area contributed by atoms with Crippen molar-refractivity contribution in [3.05, 3.63) is 72.4 Å². The molecule has 0 aliphatic heterocycles. The van der Waals surface area contributed by atoms with Gasteiger partial charge in [0.15, 0.2) is 0 Å². The van der Waals surface area contributed by atoms with Crippen molar-refractivity contribution in [2.75, 3.05) is 12.4 Å². The minimum Gasteiger partial charge on any atom is -0.508 e. The fraction of sp³-hybridized carbons (Fsp3) is 0.0952. The molecule has 2 N–H and O–H groups in total. The highest BCUT2D eigenvalue weighted by atomic mass is 16.5. The molecule has 0 bridgehead atoms. The van der Waals surface area contributed by atoms with Crippen molar-refractivity contribution in [1.82, 2.24) is 9.38 Å². The van der Waals surface area contributed by atoms with Gasteiger partial charge < -0.3 is 15.2 Å². The number of phenolic OH excluding ortho intramolecular Hbond substituents is 1. The normalized spacial score (nSPS) is 10.8. The molecule has 5 nitrogen and oxygen atoms in total. The van der Waals surface area contributed by atoms with Gasteiger partial charge in [0.25, 0.3) is 0 Å². The zero-order valence-corrected chi connectivity index (χ0v) is 14.6. The van der Waals surface area contributed by atoms with Crippen molar-refractivity contribution < 1.29 is 9.84 Å². The summed E-state index contributed by atoms with van der Waals surface area (Å²) in [6, 6.07) is 20.9. The molecule has 2 aromatic heterocycles. The summed E-state index contributed by atoms with van der Waals surface area (Å²) in [4.78, 5) is 4.79. The standard InChI is InChI=1S/C21H19N3O2/c1-14-7-5-12-19-23-20(15-8-6-9-16(25)13-15)21(24(14)19)22-17-10-3-4-11-18(17)26-2/h3-13,22,25H,1-2H3. The lowest BCUT2D eigenvalue weighted by molar-refractivity contribution is 0.417. The number of nitrogens with one attached hydrogen (secondary N) is 1. The molecule has 5 heteroatoms. The number of anilines is 2. The van der Waals surface area contributed by atoms with Crippen LogP contribution in [0.4, 0.5) is 11.5 Å². The van der Waals surface area contributed by atoms with E-state index in [0.717, 1.165) is 39.9 Å². The number of hydrogen-bond acceptors (Lipinski definition) is 4. The third-order valence-electron chi connectivity index (χ3n) is 4.32. The molecule has 0 radical (unpaired) electrons. The third-order valence-corrected chi connectivity index (χ3v) is 4.32. The number of fused-ring (bicyclic) bond motifs is 1. The Morgan fingerprint density at radius 3 is 2.62 bits per heavy atom. The van der Waals surface area contributed by atoms with Crippen LogP contribution in [0.15, 0.2) is 66.7 Å². The van der Waals surface area contributed by atoms with E-state index in [4.69, 9.17) is 9.72 Å². The van der Waals surface area contributed by atoms with E-state index in [-0.39, 0.29) is 5.75 Å². The molecule has 2 heterocycles. The smallest absolute Gasteiger partial charge is 0.143 e. The SMILES string of the molecule is COc1ccccc1Nc1c(-c2cccc(O)c2)nc2cccc(C)n12. The molecular formula is C21H19N3O2. The van der Waals surface area contributed by atoms with Crippen LogP contribution in [-0.4, -0.2) is 21.6 Å². The Balaban J connectivity index is 1.95. The van der Waals surface area contributed by atoms with Crippen molar-refractivity contribution in [3.63, 3.8) is 0 Å². The molecule has 130 valence electrons. The monoisotopic (exact) mass is 345 g/mol. The predicted octanol–water partition coefficient (Wildman–Crippen LogP) is 4.77. The summed E-state index contributed by atoms with van der Waals surface area (Å²) >= 11 is 0. The van der Waals surface area contributed by atoms with Gasteiger partial charge in [0.05, 0.1) is 12.8 Å². The summed E-state index contributed by atoms with van der Waals surface area (Å²) in [5, 5.41) is 13.4. The molecule has 4 rings (SSSR count). The number of aryl methyl sites for hydroxylation is 1. The van der Waals surface area contributed by atoms with E-state index >= 15 is 0 Å². The van der Waals surface area contributed by atoms with Gasteiger partial charge in [-0.2, -0.15) is 0 Å². The van der Waals surface area contributed by atoms with Crippen LogP contribution in [-0.2, 0) is 0 Å². The number of aromatic nitrogens is 2. The van der Waals surface area contributed by atoms with Crippen LogP contribution in [0.1, 0.15) is 5.69 Å². The van der Waals surface area contributed by atoms with Gasteiger partial charge in [-0.3, -0.25) is 4.40 Å². The van der Waals surface area contributed by atoms with Crippen molar-refractivity contribution in [1.29, 1.82) is 0 Å². The number of nitrogens with zero attached hydrogens (tertiary/aromatic N) is 2. The highest BCUT2D eigenvalue weighted by Gasteiger charge is 2.17. The van der Waals surface area contributed by atoms with Crippen molar-refractivity contribution >= 4 is 17.2 Å². The van der Waals surface area contributed by atoms with Gasteiger partial charge in [-0.1, -0.05) is 30.3 Å². The Kier molecular flexibility index (Phi) is 3.97. The Hall–Kier alpha value is -3.47. The minimum absolute atomic E-state index is 0.208. The number of methoxy groups -OCH3 is 1. The number of para-hydroxylation sites is 2. The van der Waals surface area contributed by atoms with Crippen molar-refractivity contribution in [3.8, 4) is 22.8 Å². The molecule has 0 fully saturated rings. The molecule has 26 heavy (non-hydrogen) atoms. The first-order chi connectivity index (χ1) is 12.7. The van der Waals surface area contributed by atoms with E-state index in [9.17, 15) is 5.11 Å². The third kappa shape index (κ3) is 2.73. The number of imidazole rings is 1. The Bertz CT molecular complexity index is 1090. The van der Waals surface area contributed by atoms with Crippen molar-refractivity contribution in [2.45, 2.75) is 6.92 Å². The maximum Gasteiger partial charge on any atom is 0.143 e. The van der Waals surface area contributed by atoms with Crippen LogP contribution in [0, 0.1) is 6.92 Å². The van der Waals surface area contributed by atoms with Crippen LogP contribution in [0.25, 0.3) is 16.9 Å². The molecule has 0 spiro atoms. The lowest BCUT2D eigenvalue weighted by Gasteiger charge is -2.13. The zero-order chi connectivity index (χ0) is 18.1. The van der Waals surface area contributed by atoms with Gasteiger partial charge in [-0.05, 0) is 43.3 Å². The van der Waals surface area contributed by atoms with Crippen LogP contribution in [0.2, 0.25) is 0 Å². The van der Waals surface area contributed by atoms with Crippen LogP contribution in [0.3, 0.4) is 0 Å². The first-order valence-corrected chi connectivity index (χ1v) is 8.35. The molecular weight excluding hydrogens is 326 g/mol. The number of benzene rings is 2. The second-order valence-electron chi connectivity index (χ2n) is 6.05. The quantitative estimate of drug-likeness (QED) is 0.559. The first kappa shape index (κ1) is 16.0. The molecule has 0 aliphatic carbocycles. The number of pyridine rings is 1. The van der Waals surface area contributed by atoms with Crippen LogP contribution < -0.4 is 10.1 Å². The Morgan fingerprint density at radius 1 is 1.00 bits per heavy atom. The second-order valence-corrected chi connectivity index (χ2v) is 6.05. The van der Waals surface area contributed by atoms with Crippen LogP contribution >= 0.6 is 0 Å². The summed E-state index contributed by atoms with van der Waals surface area (Å²) in [6.45, 7) is 2.04. The molecule has 0 unspecified atom stereocenters. The molecule has 2 aromatic carbocycles. The number of ether oxygens (including phenoxy) is 1. The average molecular weight is 345 g/mol. The lowest BCUT2D eigenvalue weighted by Crippen LogP contribution is -2.01. The summed E-state index contributed by atoms with van der Waals surface area (Å²) in [7, 11) is 1.65. The Morgan fingerprint density at radius 2 is 1.81 bits per heavy atom. The highest BCUT2D eigenvalue weighted by Crippen LogP contribution is 2.35. The summed E-state index contributed by atoms with van der Waals surface area (Å²) < 4.78 is 7.53. The van der Waals surface area contributed by atoms with E-state index in [0.29, 0.717) is 0 Å². The molecule has 0 saturated heterocycles. The minimum atomic E-state index is 0.208. The van der Waals surface area contributed by atoms with E-state index in [1.807, 2.05) is 61.5 Å². The number of rotatable bonds is 4. The maximum absolute atomic E-state index is 9.89. The number of aromatic hydroxyl groups is 1. The van der Waals surface area contributed by atoms with Gasteiger partial charge >= 0.3 is 0 Å². The van der Waals surface area contributed by atoms with E-state index in [2.05, 4.69) is 9.72 Å². The van der Waals surface area contributed by atoms with E-state index < -0.39 is 0 Å². The summed E-state index contributed by atoms with van der Waals surface area (Å²) in [5.41, 5.74) is 4.34. The van der Waals surface area contributed by atoms with Gasteiger partial charge in [-0.15, -0.1) is 0 Å². The van der Waals surface area contributed by atoms with Crippen molar-refractivity contribution in [2.24, 2.45) is 0 Å². The fourth-order valence-electron chi connectivity index (χ4n) is 3.10. The first-order valence-electron chi connectivity index (χ1n) is 8.35. The summed E-state index contributed by atoms with van der Waals surface area (Å²) in [5.74, 6) is 1.78. The molecule has 0 saturated carbocycles. The second kappa shape index (κ2) is 6.44. The predicted molar refractivity (Wildman–Crippen MR) is 103 cm³/mol. The van der Waals surface area contributed by atoms with Crippen LogP contribution in [0.5, 0.6) is 11.5 Å². The van der Waals surface area contributed by atoms with Gasteiger partial charge in [0.1, 0.15) is 28.7 Å². The van der Waals surface area contributed by atoms with Gasteiger partial charge in [0.2, 0.25) is 0 Å². The molecule has 0 atom stereocenters. The zero-order valence-electron chi connectivity index (χ0n) is 14.6. The highest BCUT2D eigenvalue weighted by molar-refractivity contribution is 5.81. The molecule has 4 aromatic rings. The Labute approximate surface area is 151 Å². The fourth-order valence-corrected chi connectivity index (χ4v) is 3.10. The average Bonchev–Trinajstić information content (AvgIpc) is 3.02. The summed E-state index contributed by atoms with van der Waals surface area (Å²) in [6.07, 6.45) is 0. The molecule has 0 aliphatic rings. The lowest BCUT2D eigenvalue weighted by atomic mass is 10.1.